The fourth-order valence-electron chi connectivity index (χ4n) is 3.51. The molecule has 152 valence electrons. The lowest BCUT2D eigenvalue weighted by Gasteiger charge is -2.23. The summed E-state index contributed by atoms with van der Waals surface area (Å²) in [6.45, 7) is 1.98. The number of esters is 1. The number of imidazole rings is 1. The van der Waals surface area contributed by atoms with Gasteiger partial charge in [0.05, 0.1) is 62.7 Å². The zero-order chi connectivity index (χ0) is 20.4. The summed E-state index contributed by atoms with van der Waals surface area (Å²) in [5.74, 6) is -0.810. The van der Waals surface area contributed by atoms with Gasteiger partial charge in [-0.3, -0.25) is 9.13 Å². The fourth-order valence-corrected chi connectivity index (χ4v) is 3.51. The van der Waals surface area contributed by atoms with Gasteiger partial charge in [-0.05, 0) is 35.9 Å². The highest BCUT2D eigenvalue weighted by Gasteiger charge is 2.21. The number of rotatable bonds is 5. The van der Waals surface area contributed by atoms with Crippen LogP contribution in [0.3, 0.4) is 0 Å². The van der Waals surface area contributed by atoms with Crippen molar-refractivity contribution in [3.05, 3.63) is 69.9 Å². The molecule has 7 nitrogen and oxygen atoms in total. The van der Waals surface area contributed by atoms with E-state index in [1.54, 1.807) is 39.5 Å². The maximum Gasteiger partial charge on any atom is 0.337 e. The minimum atomic E-state index is -0.477. The Balaban J connectivity index is 1.79. The predicted octanol–water partition coefficient (Wildman–Crippen LogP) is 2.19. The Bertz CT molecular complexity index is 1080. The van der Waals surface area contributed by atoms with Crippen molar-refractivity contribution >= 4 is 17.0 Å². The maximum absolute atomic E-state index is 13.2. The second kappa shape index (κ2) is 8.18. The van der Waals surface area contributed by atoms with Gasteiger partial charge in [0.1, 0.15) is 5.82 Å². The molecule has 2 heterocycles. The largest absolute Gasteiger partial charge is 0.465 e. The highest BCUT2D eigenvalue weighted by molar-refractivity contribution is 5.93. The minimum Gasteiger partial charge on any atom is -0.465 e. The van der Waals surface area contributed by atoms with E-state index in [1.807, 2.05) is 0 Å². The van der Waals surface area contributed by atoms with E-state index in [4.69, 9.17) is 14.2 Å². The van der Waals surface area contributed by atoms with Gasteiger partial charge in [0.2, 0.25) is 0 Å². The number of nitrogens with zero attached hydrogens (tertiary/aromatic N) is 2. The molecule has 1 aromatic heterocycles. The molecular formula is C21H21FN2O5. The molecule has 1 atom stereocenters. The first-order valence-corrected chi connectivity index (χ1v) is 9.32. The minimum absolute atomic E-state index is 0.236. The SMILES string of the molecule is COC(=O)c1ccc2c(c1)n(C[C@H]1COCCO1)c(=O)n2Cc1ccc(F)cc1. The molecule has 1 aliphatic heterocycles. The molecule has 0 bridgehead atoms. The molecule has 0 saturated carbocycles. The first-order valence-electron chi connectivity index (χ1n) is 9.32. The summed E-state index contributed by atoms with van der Waals surface area (Å²) in [4.78, 5) is 25.2. The van der Waals surface area contributed by atoms with Crippen LogP contribution < -0.4 is 5.69 Å². The van der Waals surface area contributed by atoms with E-state index in [-0.39, 0.29) is 24.2 Å². The molecule has 0 N–H and O–H groups in total. The van der Waals surface area contributed by atoms with Gasteiger partial charge >= 0.3 is 11.7 Å². The summed E-state index contributed by atoms with van der Waals surface area (Å²) in [7, 11) is 1.31. The molecule has 0 spiro atoms. The van der Waals surface area contributed by atoms with Crippen LogP contribution in [0, 0.1) is 5.82 Å². The van der Waals surface area contributed by atoms with Crippen LogP contribution in [-0.2, 0) is 27.3 Å². The number of carbonyl (C=O) groups excluding carboxylic acids is 1. The number of aromatic nitrogens is 2. The van der Waals surface area contributed by atoms with Gasteiger partial charge in [0.15, 0.2) is 0 Å². The number of fused-ring (bicyclic) bond motifs is 1. The summed E-state index contributed by atoms with van der Waals surface area (Å²) in [6, 6.07) is 11.0. The average molecular weight is 400 g/mol. The van der Waals surface area contributed by atoms with Crippen molar-refractivity contribution in [1.29, 1.82) is 0 Å². The lowest BCUT2D eigenvalue weighted by atomic mass is 10.2. The van der Waals surface area contributed by atoms with Gasteiger partial charge in [0.25, 0.3) is 0 Å². The van der Waals surface area contributed by atoms with Gasteiger partial charge in [0, 0.05) is 0 Å². The third-order valence-corrected chi connectivity index (χ3v) is 4.97. The number of methoxy groups -OCH3 is 1. The molecule has 1 aliphatic rings. The zero-order valence-electron chi connectivity index (χ0n) is 16.0. The molecular weight excluding hydrogens is 379 g/mol. The Morgan fingerprint density at radius 2 is 1.93 bits per heavy atom. The lowest BCUT2D eigenvalue weighted by molar-refractivity contribution is -0.0935. The summed E-state index contributed by atoms with van der Waals surface area (Å²) >= 11 is 0. The van der Waals surface area contributed by atoms with Gasteiger partial charge in [-0.15, -0.1) is 0 Å². The zero-order valence-corrected chi connectivity index (χ0v) is 16.0. The van der Waals surface area contributed by atoms with Crippen LogP contribution in [0.2, 0.25) is 0 Å². The number of hydrogen-bond acceptors (Lipinski definition) is 5. The van der Waals surface area contributed by atoms with Crippen LogP contribution in [0.4, 0.5) is 4.39 Å². The van der Waals surface area contributed by atoms with Crippen LogP contribution >= 0.6 is 0 Å². The third-order valence-electron chi connectivity index (χ3n) is 4.97. The van der Waals surface area contributed by atoms with E-state index in [1.165, 1.54) is 19.2 Å². The van der Waals surface area contributed by atoms with Crippen LogP contribution in [0.15, 0.2) is 47.3 Å². The molecule has 0 aliphatic carbocycles. The van der Waals surface area contributed by atoms with E-state index in [0.717, 1.165) is 5.56 Å². The van der Waals surface area contributed by atoms with Crippen molar-refractivity contribution < 1.29 is 23.4 Å². The molecule has 4 rings (SSSR count). The Kier molecular flexibility index (Phi) is 5.46. The van der Waals surface area contributed by atoms with Crippen LogP contribution in [0.25, 0.3) is 11.0 Å². The lowest BCUT2D eigenvalue weighted by Crippen LogP contribution is -2.36. The molecule has 1 saturated heterocycles. The molecule has 1 fully saturated rings. The Morgan fingerprint density at radius 1 is 1.14 bits per heavy atom. The molecule has 2 aromatic carbocycles. The quantitative estimate of drug-likeness (QED) is 0.614. The topological polar surface area (TPSA) is 71.7 Å². The van der Waals surface area contributed by atoms with E-state index >= 15 is 0 Å². The molecule has 3 aromatic rings. The van der Waals surface area contributed by atoms with Crippen LogP contribution in [-0.4, -0.2) is 48.1 Å². The van der Waals surface area contributed by atoms with Gasteiger partial charge < -0.3 is 14.2 Å². The number of halogens is 1. The van der Waals surface area contributed by atoms with Crippen molar-refractivity contribution in [2.24, 2.45) is 0 Å². The average Bonchev–Trinajstić information content (AvgIpc) is 3.00. The predicted molar refractivity (Wildman–Crippen MR) is 104 cm³/mol. The summed E-state index contributed by atoms with van der Waals surface area (Å²) in [5.41, 5.74) is 2.19. The van der Waals surface area contributed by atoms with Crippen molar-refractivity contribution in [3.8, 4) is 0 Å². The molecule has 29 heavy (non-hydrogen) atoms. The first kappa shape index (κ1) is 19.4. The van der Waals surface area contributed by atoms with Crippen molar-refractivity contribution in [1.82, 2.24) is 9.13 Å². The van der Waals surface area contributed by atoms with Crippen molar-refractivity contribution in [2.75, 3.05) is 26.9 Å². The van der Waals surface area contributed by atoms with Gasteiger partial charge in [-0.25, -0.2) is 14.0 Å². The standard InChI is InChI=1S/C21H21FN2O5/c1-27-20(25)15-4-7-18-19(10-15)24(12-17-13-28-8-9-29-17)21(26)23(18)11-14-2-5-16(22)6-3-14/h2-7,10,17H,8-9,11-13H2,1H3/t17-/m0/s1. The van der Waals surface area contributed by atoms with E-state index in [2.05, 4.69) is 0 Å². The molecule has 0 amide bonds. The number of ether oxygens (including phenoxy) is 3. The first-order chi connectivity index (χ1) is 14.1. The van der Waals surface area contributed by atoms with Gasteiger partial charge in [-0.1, -0.05) is 12.1 Å². The van der Waals surface area contributed by atoms with Gasteiger partial charge in [-0.2, -0.15) is 0 Å². The molecule has 0 unspecified atom stereocenters. The second-order valence-electron chi connectivity index (χ2n) is 6.87. The van der Waals surface area contributed by atoms with E-state index < -0.39 is 5.97 Å². The monoisotopic (exact) mass is 400 g/mol. The normalized spacial score (nSPS) is 16.8. The second-order valence-corrected chi connectivity index (χ2v) is 6.87. The summed E-state index contributed by atoms with van der Waals surface area (Å²) in [5, 5.41) is 0. The highest BCUT2D eigenvalue weighted by atomic mass is 19.1. The molecule has 8 heteroatoms. The van der Waals surface area contributed by atoms with Crippen LogP contribution in [0.5, 0.6) is 0 Å². The number of carbonyl (C=O) groups is 1. The van der Waals surface area contributed by atoms with E-state index in [0.29, 0.717) is 43.0 Å². The van der Waals surface area contributed by atoms with E-state index in [9.17, 15) is 14.0 Å². The van der Waals surface area contributed by atoms with Crippen molar-refractivity contribution in [3.63, 3.8) is 0 Å². The number of benzene rings is 2. The molecule has 0 radical (unpaired) electrons. The summed E-state index contributed by atoms with van der Waals surface area (Å²) < 4.78 is 32.4. The summed E-state index contributed by atoms with van der Waals surface area (Å²) in [6.07, 6.45) is -0.256. The maximum atomic E-state index is 13.2. The Morgan fingerprint density at radius 3 is 2.62 bits per heavy atom. The Hall–Kier alpha value is -2.97. The Labute approximate surface area is 166 Å². The smallest absolute Gasteiger partial charge is 0.337 e. The number of hydrogen-bond donors (Lipinski definition) is 0. The van der Waals surface area contributed by atoms with Crippen LogP contribution in [0.1, 0.15) is 15.9 Å². The third kappa shape index (κ3) is 3.94. The van der Waals surface area contributed by atoms with Crippen molar-refractivity contribution in [2.45, 2.75) is 19.2 Å². The highest BCUT2D eigenvalue weighted by Crippen LogP contribution is 2.19. The fraction of sp³-hybridized carbons (Fsp3) is 0.333.